The van der Waals surface area contributed by atoms with Gasteiger partial charge >= 0.3 is 0 Å². The number of ether oxygens (including phenoxy) is 1. The van der Waals surface area contributed by atoms with Gasteiger partial charge in [0.2, 0.25) is 0 Å². The van der Waals surface area contributed by atoms with Crippen molar-refractivity contribution >= 4 is 0 Å². The van der Waals surface area contributed by atoms with Crippen LogP contribution in [0, 0.1) is 13.8 Å². The molecule has 0 saturated carbocycles. The van der Waals surface area contributed by atoms with E-state index in [4.69, 9.17) is 4.74 Å². The van der Waals surface area contributed by atoms with Gasteiger partial charge in [0, 0.05) is 31.0 Å². The van der Waals surface area contributed by atoms with E-state index in [9.17, 15) is 0 Å². The molecule has 4 nitrogen and oxygen atoms in total. The number of nitrogens with one attached hydrogen (secondary N) is 1. The summed E-state index contributed by atoms with van der Waals surface area (Å²) in [5.74, 6) is 0. The number of aryl methyl sites for hydroxylation is 2. The summed E-state index contributed by atoms with van der Waals surface area (Å²) >= 11 is 0. The van der Waals surface area contributed by atoms with Crippen molar-refractivity contribution < 1.29 is 4.74 Å². The Labute approximate surface area is 122 Å². The van der Waals surface area contributed by atoms with Crippen molar-refractivity contribution in [3.8, 4) is 0 Å². The Hall–Kier alpha value is -0.870. The van der Waals surface area contributed by atoms with Crippen LogP contribution in [-0.4, -0.2) is 29.0 Å². The molecule has 1 aromatic heterocycles. The van der Waals surface area contributed by atoms with Gasteiger partial charge in [0.15, 0.2) is 0 Å². The van der Waals surface area contributed by atoms with Gasteiger partial charge in [0.25, 0.3) is 0 Å². The SMILES string of the molecule is CCCNC(CCC1CCCO1)c1c(C)nn(C)c1C. The molecule has 0 spiro atoms. The second kappa shape index (κ2) is 7.23. The molecule has 2 unspecified atom stereocenters. The first-order valence-corrected chi connectivity index (χ1v) is 7.98. The predicted molar refractivity (Wildman–Crippen MR) is 81.9 cm³/mol. The van der Waals surface area contributed by atoms with Gasteiger partial charge in [-0.05, 0) is 52.5 Å². The molecule has 0 amide bonds. The fraction of sp³-hybridized carbons (Fsp3) is 0.812. The smallest absolute Gasteiger partial charge is 0.0644 e. The molecule has 2 heterocycles. The van der Waals surface area contributed by atoms with Crippen LogP contribution in [0.25, 0.3) is 0 Å². The van der Waals surface area contributed by atoms with Crippen LogP contribution in [-0.2, 0) is 11.8 Å². The molecule has 20 heavy (non-hydrogen) atoms. The third-order valence-corrected chi connectivity index (χ3v) is 4.36. The zero-order valence-corrected chi connectivity index (χ0v) is 13.4. The number of hydrogen-bond donors (Lipinski definition) is 1. The lowest BCUT2D eigenvalue weighted by Crippen LogP contribution is -2.24. The molecule has 2 rings (SSSR count). The maximum atomic E-state index is 5.76. The summed E-state index contributed by atoms with van der Waals surface area (Å²) in [5.41, 5.74) is 3.83. The fourth-order valence-corrected chi connectivity index (χ4v) is 3.19. The average molecular weight is 279 g/mol. The first-order chi connectivity index (χ1) is 9.63. The molecule has 4 heteroatoms. The third kappa shape index (κ3) is 3.61. The van der Waals surface area contributed by atoms with Gasteiger partial charge in [-0.15, -0.1) is 0 Å². The Morgan fingerprint density at radius 2 is 2.25 bits per heavy atom. The van der Waals surface area contributed by atoms with E-state index in [0.717, 1.165) is 38.1 Å². The Bertz CT molecular complexity index is 422. The highest BCUT2D eigenvalue weighted by atomic mass is 16.5. The van der Waals surface area contributed by atoms with Crippen LogP contribution < -0.4 is 5.32 Å². The summed E-state index contributed by atoms with van der Waals surface area (Å²) in [6.45, 7) is 8.51. The van der Waals surface area contributed by atoms with E-state index in [1.165, 1.54) is 24.1 Å². The minimum absolute atomic E-state index is 0.410. The van der Waals surface area contributed by atoms with Crippen LogP contribution in [0.5, 0.6) is 0 Å². The highest BCUT2D eigenvalue weighted by Crippen LogP contribution is 2.28. The zero-order valence-electron chi connectivity index (χ0n) is 13.4. The highest BCUT2D eigenvalue weighted by Gasteiger charge is 2.22. The van der Waals surface area contributed by atoms with E-state index in [0.29, 0.717) is 12.1 Å². The molecule has 0 radical (unpaired) electrons. The van der Waals surface area contributed by atoms with Gasteiger partial charge < -0.3 is 10.1 Å². The zero-order chi connectivity index (χ0) is 14.5. The quantitative estimate of drug-likeness (QED) is 0.834. The van der Waals surface area contributed by atoms with E-state index in [2.05, 4.69) is 31.2 Å². The van der Waals surface area contributed by atoms with Crippen LogP contribution in [0.4, 0.5) is 0 Å². The molecule has 1 N–H and O–H groups in total. The summed E-state index contributed by atoms with van der Waals surface area (Å²) in [7, 11) is 2.03. The van der Waals surface area contributed by atoms with Crippen molar-refractivity contribution in [3.63, 3.8) is 0 Å². The van der Waals surface area contributed by atoms with Gasteiger partial charge in [0.1, 0.15) is 0 Å². The third-order valence-electron chi connectivity index (χ3n) is 4.36. The minimum atomic E-state index is 0.410. The molecule has 0 aromatic carbocycles. The van der Waals surface area contributed by atoms with Gasteiger partial charge in [-0.25, -0.2) is 0 Å². The number of hydrogen-bond acceptors (Lipinski definition) is 3. The van der Waals surface area contributed by atoms with Crippen LogP contribution in [0.15, 0.2) is 0 Å². The summed E-state index contributed by atoms with van der Waals surface area (Å²) in [4.78, 5) is 0. The van der Waals surface area contributed by atoms with Crippen molar-refractivity contribution in [2.24, 2.45) is 7.05 Å². The largest absolute Gasteiger partial charge is 0.378 e. The van der Waals surface area contributed by atoms with Crippen molar-refractivity contribution in [2.45, 2.75) is 65.0 Å². The molecule has 1 aromatic rings. The second-order valence-corrected chi connectivity index (χ2v) is 5.93. The summed E-state index contributed by atoms with van der Waals surface area (Å²) in [6.07, 6.45) is 6.37. The standard InChI is InChI=1S/C16H29N3O/c1-5-10-17-15(9-8-14-7-6-11-20-14)16-12(2)18-19(4)13(16)3/h14-15,17H,5-11H2,1-4H3. The van der Waals surface area contributed by atoms with E-state index in [1.807, 2.05) is 11.7 Å². The van der Waals surface area contributed by atoms with Crippen LogP contribution in [0.1, 0.15) is 62.0 Å². The Kier molecular flexibility index (Phi) is 5.61. The molecule has 1 aliphatic rings. The molecule has 0 aliphatic carbocycles. The number of nitrogens with zero attached hydrogens (tertiary/aromatic N) is 2. The fourth-order valence-electron chi connectivity index (χ4n) is 3.19. The molecule has 114 valence electrons. The molecular formula is C16H29N3O. The predicted octanol–water partition coefficient (Wildman–Crippen LogP) is 3.04. The molecule has 2 atom stereocenters. The van der Waals surface area contributed by atoms with E-state index < -0.39 is 0 Å². The summed E-state index contributed by atoms with van der Waals surface area (Å²) in [5, 5.41) is 8.26. The Morgan fingerprint density at radius 1 is 1.45 bits per heavy atom. The normalized spacial score (nSPS) is 20.5. The van der Waals surface area contributed by atoms with Crippen molar-refractivity contribution in [1.82, 2.24) is 15.1 Å². The van der Waals surface area contributed by atoms with E-state index in [-0.39, 0.29) is 0 Å². The number of aromatic nitrogens is 2. The molecule has 0 bridgehead atoms. The molecular weight excluding hydrogens is 250 g/mol. The van der Waals surface area contributed by atoms with Crippen molar-refractivity contribution in [2.75, 3.05) is 13.2 Å². The maximum Gasteiger partial charge on any atom is 0.0644 e. The Balaban J connectivity index is 2.05. The molecule has 1 fully saturated rings. The van der Waals surface area contributed by atoms with Gasteiger partial charge in [-0.1, -0.05) is 6.92 Å². The first kappa shape index (κ1) is 15.5. The lowest BCUT2D eigenvalue weighted by atomic mass is 9.97. The lowest BCUT2D eigenvalue weighted by Gasteiger charge is -2.21. The topological polar surface area (TPSA) is 39.1 Å². The Morgan fingerprint density at radius 3 is 2.80 bits per heavy atom. The van der Waals surface area contributed by atoms with Gasteiger partial charge in [-0.2, -0.15) is 5.10 Å². The lowest BCUT2D eigenvalue weighted by molar-refractivity contribution is 0.0995. The van der Waals surface area contributed by atoms with Crippen LogP contribution in [0.3, 0.4) is 0 Å². The molecule has 1 aliphatic heterocycles. The monoisotopic (exact) mass is 279 g/mol. The molecule has 1 saturated heterocycles. The van der Waals surface area contributed by atoms with Gasteiger partial charge in [-0.3, -0.25) is 4.68 Å². The first-order valence-electron chi connectivity index (χ1n) is 7.98. The highest BCUT2D eigenvalue weighted by molar-refractivity contribution is 5.28. The average Bonchev–Trinajstić information content (AvgIpc) is 3.01. The van der Waals surface area contributed by atoms with Gasteiger partial charge in [0.05, 0.1) is 11.8 Å². The van der Waals surface area contributed by atoms with Crippen molar-refractivity contribution in [1.29, 1.82) is 0 Å². The maximum absolute atomic E-state index is 5.76. The summed E-state index contributed by atoms with van der Waals surface area (Å²) < 4.78 is 7.76. The summed E-state index contributed by atoms with van der Waals surface area (Å²) in [6, 6.07) is 0.410. The van der Waals surface area contributed by atoms with Crippen LogP contribution >= 0.6 is 0 Å². The number of rotatable bonds is 7. The minimum Gasteiger partial charge on any atom is -0.378 e. The van der Waals surface area contributed by atoms with Crippen LogP contribution in [0.2, 0.25) is 0 Å². The van der Waals surface area contributed by atoms with Crippen molar-refractivity contribution in [3.05, 3.63) is 17.0 Å². The van der Waals surface area contributed by atoms with E-state index in [1.54, 1.807) is 0 Å². The second-order valence-electron chi connectivity index (χ2n) is 5.93. The van der Waals surface area contributed by atoms with E-state index >= 15 is 0 Å².